The maximum atomic E-state index is 13.0. The SMILES string of the molecule is C[C@H](NS(=O)(=O)c1ccc(F)cc1)C(=O)OC1c2ccccc2-c2ccccc21. The minimum Gasteiger partial charge on any atom is -0.451 e. The third kappa shape index (κ3) is 3.66. The molecule has 0 saturated heterocycles. The highest BCUT2D eigenvalue weighted by Crippen LogP contribution is 2.45. The molecular formula is C22H18FNO4S. The van der Waals surface area contributed by atoms with Crippen LogP contribution in [0.4, 0.5) is 4.39 Å². The first-order valence-electron chi connectivity index (χ1n) is 9.03. The van der Waals surface area contributed by atoms with Crippen molar-refractivity contribution in [2.75, 3.05) is 0 Å². The van der Waals surface area contributed by atoms with Gasteiger partial charge in [0.2, 0.25) is 10.0 Å². The maximum Gasteiger partial charge on any atom is 0.324 e. The Labute approximate surface area is 168 Å². The largest absolute Gasteiger partial charge is 0.451 e. The van der Waals surface area contributed by atoms with Crippen LogP contribution in [0.2, 0.25) is 0 Å². The third-order valence-corrected chi connectivity index (χ3v) is 6.38. The van der Waals surface area contributed by atoms with Crippen LogP contribution in [0.1, 0.15) is 24.2 Å². The molecule has 1 N–H and O–H groups in total. The molecule has 0 fully saturated rings. The molecule has 4 rings (SSSR count). The normalized spacial score (nSPS) is 14.1. The summed E-state index contributed by atoms with van der Waals surface area (Å²) >= 11 is 0. The fraction of sp³-hybridized carbons (Fsp3) is 0.136. The molecule has 29 heavy (non-hydrogen) atoms. The second kappa shape index (κ2) is 7.42. The third-order valence-electron chi connectivity index (χ3n) is 4.82. The number of carbonyl (C=O) groups is 1. The highest BCUT2D eigenvalue weighted by molar-refractivity contribution is 7.89. The molecule has 0 unspecified atom stereocenters. The monoisotopic (exact) mass is 411 g/mol. The molecule has 0 amide bonds. The number of hydrogen-bond acceptors (Lipinski definition) is 4. The number of fused-ring (bicyclic) bond motifs is 3. The Balaban J connectivity index is 1.54. The molecule has 0 spiro atoms. The number of benzene rings is 3. The Kier molecular flexibility index (Phi) is 4.94. The topological polar surface area (TPSA) is 72.5 Å². The van der Waals surface area contributed by atoms with Gasteiger partial charge in [0.05, 0.1) is 4.90 Å². The van der Waals surface area contributed by atoms with E-state index >= 15 is 0 Å². The number of hydrogen-bond donors (Lipinski definition) is 1. The van der Waals surface area contributed by atoms with Gasteiger partial charge in [-0.2, -0.15) is 4.72 Å². The predicted octanol–water partition coefficient (Wildman–Crippen LogP) is 3.81. The van der Waals surface area contributed by atoms with Gasteiger partial charge in [-0.3, -0.25) is 4.79 Å². The molecule has 0 bridgehead atoms. The number of ether oxygens (including phenoxy) is 1. The molecule has 0 aromatic heterocycles. The van der Waals surface area contributed by atoms with Crippen LogP contribution in [0.25, 0.3) is 11.1 Å². The molecule has 0 radical (unpaired) electrons. The number of sulfonamides is 1. The van der Waals surface area contributed by atoms with E-state index < -0.39 is 34.0 Å². The van der Waals surface area contributed by atoms with Crippen molar-refractivity contribution in [3.63, 3.8) is 0 Å². The summed E-state index contributed by atoms with van der Waals surface area (Å²) in [6, 6.07) is 18.5. The van der Waals surface area contributed by atoms with E-state index in [2.05, 4.69) is 4.72 Å². The van der Waals surface area contributed by atoms with Gasteiger partial charge in [-0.25, -0.2) is 12.8 Å². The average Bonchev–Trinajstić information content (AvgIpc) is 3.02. The summed E-state index contributed by atoms with van der Waals surface area (Å²) in [7, 11) is -3.99. The van der Waals surface area contributed by atoms with E-state index in [0.717, 1.165) is 46.5 Å². The van der Waals surface area contributed by atoms with Gasteiger partial charge in [-0.1, -0.05) is 48.5 Å². The van der Waals surface area contributed by atoms with E-state index in [0.29, 0.717) is 0 Å². The van der Waals surface area contributed by atoms with E-state index in [-0.39, 0.29) is 4.90 Å². The zero-order valence-electron chi connectivity index (χ0n) is 15.5. The quantitative estimate of drug-likeness (QED) is 0.648. The lowest BCUT2D eigenvalue weighted by Crippen LogP contribution is -2.39. The van der Waals surface area contributed by atoms with Gasteiger partial charge < -0.3 is 4.74 Å². The molecule has 1 aliphatic carbocycles. The van der Waals surface area contributed by atoms with Gasteiger partial charge in [0.15, 0.2) is 6.10 Å². The summed E-state index contributed by atoms with van der Waals surface area (Å²) in [4.78, 5) is 12.5. The highest BCUT2D eigenvalue weighted by Gasteiger charge is 2.33. The second-order valence-corrected chi connectivity index (χ2v) is 8.50. The molecule has 0 saturated carbocycles. The predicted molar refractivity (Wildman–Crippen MR) is 106 cm³/mol. The van der Waals surface area contributed by atoms with Crippen molar-refractivity contribution in [3.05, 3.63) is 89.7 Å². The molecule has 3 aromatic rings. The summed E-state index contributed by atoms with van der Waals surface area (Å²) in [5, 5.41) is 0. The van der Waals surface area contributed by atoms with Gasteiger partial charge in [0.1, 0.15) is 11.9 Å². The standard InChI is InChI=1S/C22H18FNO4S/c1-14(24-29(26,27)16-12-10-15(23)11-13-16)22(25)28-21-19-8-4-2-6-17(19)18-7-3-5-9-20(18)21/h2-14,21,24H,1H3/t14-/m0/s1. The van der Waals surface area contributed by atoms with Gasteiger partial charge in [-0.05, 0) is 42.3 Å². The van der Waals surface area contributed by atoms with Crippen molar-refractivity contribution in [3.8, 4) is 11.1 Å². The molecule has 1 atom stereocenters. The lowest BCUT2D eigenvalue weighted by atomic mass is 10.1. The van der Waals surface area contributed by atoms with Crippen LogP contribution < -0.4 is 4.72 Å². The Morgan fingerprint density at radius 1 is 0.931 bits per heavy atom. The van der Waals surface area contributed by atoms with Crippen molar-refractivity contribution >= 4 is 16.0 Å². The molecular weight excluding hydrogens is 393 g/mol. The van der Waals surface area contributed by atoms with Crippen LogP contribution in [-0.4, -0.2) is 20.4 Å². The molecule has 0 aliphatic heterocycles. The van der Waals surface area contributed by atoms with Crippen LogP contribution in [0, 0.1) is 5.82 Å². The summed E-state index contributed by atoms with van der Waals surface area (Å²) in [5.74, 6) is -1.25. The lowest BCUT2D eigenvalue weighted by molar-refractivity contribution is -0.149. The highest BCUT2D eigenvalue weighted by atomic mass is 32.2. The Hall–Kier alpha value is -3.03. The first-order chi connectivity index (χ1) is 13.9. The molecule has 0 heterocycles. The Bertz CT molecular complexity index is 1130. The summed E-state index contributed by atoms with van der Waals surface area (Å²) in [5.41, 5.74) is 3.69. The first kappa shape index (κ1) is 19.3. The zero-order valence-corrected chi connectivity index (χ0v) is 16.3. The van der Waals surface area contributed by atoms with Crippen molar-refractivity contribution in [1.82, 2.24) is 4.72 Å². The maximum absolute atomic E-state index is 13.0. The van der Waals surface area contributed by atoms with Crippen LogP contribution in [0.15, 0.2) is 77.7 Å². The van der Waals surface area contributed by atoms with Crippen LogP contribution in [-0.2, 0) is 19.6 Å². The minimum absolute atomic E-state index is 0.130. The van der Waals surface area contributed by atoms with E-state index in [9.17, 15) is 17.6 Å². The van der Waals surface area contributed by atoms with Crippen LogP contribution in [0.3, 0.4) is 0 Å². The van der Waals surface area contributed by atoms with E-state index in [4.69, 9.17) is 4.74 Å². The van der Waals surface area contributed by atoms with Gasteiger partial charge in [-0.15, -0.1) is 0 Å². The molecule has 148 valence electrons. The summed E-state index contributed by atoms with van der Waals surface area (Å²) in [6.45, 7) is 1.41. The van der Waals surface area contributed by atoms with E-state index in [1.165, 1.54) is 6.92 Å². The van der Waals surface area contributed by atoms with Crippen molar-refractivity contribution in [2.45, 2.75) is 24.0 Å². The van der Waals surface area contributed by atoms with Crippen LogP contribution >= 0.6 is 0 Å². The molecule has 5 nitrogen and oxygen atoms in total. The molecule has 1 aliphatic rings. The molecule has 7 heteroatoms. The van der Waals surface area contributed by atoms with Crippen molar-refractivity contribution in [1.29, 1.82) is 0 Å². The lowest BCUT2D eigenvalue weighted by Gasteiger charge is -2.19. The number of rotatable bonds is 5. The summed E-state index contributed by atoms with van der Waals surface area (Å²) in [6.07, 6.45) is -0.604. The Morgan fingerprint density at radius 2 is 1.45 bits per heavy atom. The van der Waals surface area contributed by atoms with Gasteiger partial charge in [0, 0.05) is 11.1 Å². The van der Waals surface area contributed by atoms with Gasteiger partial charge in [0.25, 0.3) is 0 Å². The zero-order chi connectivity index (χ0) is 20.6. The number of esters is 1. The Morgan fingerprint density at radius 3 is 2.00 bits per heavy atom. The van der Waals surface area contributed by atoms with Crippen molar-refractivity contribution in [2.24, 2.45) is 0 Å². The number of carbonyl (C=O) groups excluding carboxylic acids is 1. The number of halogens is 1. The van der Waals surface area contributed by atoms with Gasteiger partial charge >= 0.3 is 5.97 Å². The van der Waals surface area contributed by atoms with E-state index in [1.54, 1.807) is 0 Å². The fourth-order valence-electron chi connectivity index (χ4n) is 3.42. The first-order valence-corrected chi connectivity index (χ1v) is 10.5. The minimum atomic E-state index is -3.99. The second-order valence-electron chi connectivity index (χ2n) is 6.79. The number of nitrogens with one attached hydrogen (secondary N) is 1. The van der Waals surface area contributed by atoms with E-state index in [1.807, 2.05) is 48.5 Å². The fourth-order valence-corrected chi connectivity index (χ4v) is 4.61. The molecule has 3 aromatic carbocycles. The average molecular weight is 411 g/mol. The van der Waals surface area contributed by atoms with Crippen LogP contribution in [0.5, 0.6) is 0 Å². The smallest absolute Gasteiger partial charge is 0.324 e. The van der Waals surface area contributed by atoms with Crippen molar-refractivity contribution < 1.29 is 22.3 Å². The summed E-state index contributed by atoms with van der Waals surface area (Å²) < 4.78 is 45.9.